The molecule has 2 amide bonds. The van der Waals surface area contributed by atoms with Crippen molar-refractivity contribution in [2.24, 2.45) is 17.2 Å². The van der Waals surface area contributed by atoms with Crippen LogP contribution < -0.4 is 16.7 Å². The molecular weight excluding hydrogens is 506 g/mol. The first-order chi connectivity index (χ1) is 18.0. The molecule has 1 heterocycles. The minimum Gasteiger partial charge on any atom is -0.350 e. The molecule has 1 fully saturated rings. The van der Waals surface area contributed by atoms with Crippen molar-refractivity contribution >= 4 is 27.7 Å². The van der Waals surface area contributed by atoms with Crippen molar-refractivity contribution in [1.29, 1.82) is 0 Å². The fourth-order valence-corrected chi connectivity index (χ4v) is 7.09. The molecule has 9 nitrogen and oxygen atoms in total. The minimum atomic E-state index is -3.90. The number of nitrogens with one attached hydrogen (secondary N) is 2. The van der Waals surface area contributed by atoms with Gasteiger partial charge in [0.15, 0.2) is 20.9 Å². The standard InChI is InChI=1S/C28H45N3O6S/c1-5-18-27(3,21-28(19-6-2,26(33)30-29)38(4,34)35)23(16-12-15-22-13-8-7-9-14-22)25(32)31-37-24-17-10-11-20-36-24/h7-9,12-15,23-24H,5-6,10-11,16-21,29H2,1-4H3,(H,30,33)(H,31,32)/b15-12+/t23-,24?,27+,28?/m1/s1. The van der Waals surface area contributed by atoms with Crippen molar-refractivity contribution in [2.45, 2.75) is 89.6 Å². The molecule has 214 valence electrons. The number of amides is 2. The van der Waals surface area contributed by atoms with Gasteiger partial charge in [-0.1, -0.05) is 76.1 Å². The fourth-order valence-electron chi connectivity index (χ4n) is 5.52. The number of hydrogen-bond acceptors (Lipinski definition) is 7. The zero-order chi connectivity index (χ0) is 28.2. The molecule has 2 rings (SSSR count). The number of benzene rings is 1. The number of ether oxygens (including phenoxy) is 1. The van der Waals surface area contributed by atoms with Crippen LogP contribution in [0.1, 0.15) is 84.1 Å². The van der Waals surface area contributed by atoms with Gasteiger partial charge in [-0.3, -0.25) is 15.0 Å². The van der Waals surface area contributed by atoms with Crippen LogP contribution in [-0.4, -0.2) is 44.1 Å². The average Bonchev–Trinajstić information content (AvgIpc) is 2.89. The van der Waals surface area contributed by atoms with Crippen LogP contribution in [0, 0.1) is 11.3 Å². The van der Waals surface area contributed by atoms with E-state index in [4.69, 9.17) is 15.4 Å². The first-order valence-electron chi connectivity index (χ1n) is 13.5. The third-order valence-electron chi connectivity index (χ3n) is 7.49. The lowest BCUT2D eigenvalue weighted by Gasteiger charge is -2.43. The van der Waals surface area contributed by atoms with Gasteiger partial charge in [0.1, 0.15) is 0 Å². The monoisotopic (exact) mass is 551 g/mol. The molecule has 0 bridgehead atoms. The molecule has 10 heteroatoms. The third kappa shape index (κ3) is 8.36. The molecule has 2 unspecified atom stereocenters. The molecule has 1 aliphatic heterocycles. The summed E-state index contributed by atoms with van der Waals surface area (Å²) in [6, 6.07) is 9.71. The van der Waals surface area contributed by atoms with Crippen molar-refractivity contribution in [1.82, 2.24) is 10.9 Å². The van der Waals surface area contributed by atoms with Crippen LogP contribution in [0.2, 0.25) is 0 Å². The second-order valence-corrected chi connectivity index (χ2v) is 12.9. The predicted molar refractivity (Wildman–Crippen MR) is 149 cm³/mol. The Morgan fingerprint density at radius 1 is 1.18 bits per heavy atom. The Morgan fingerprint density at radius 3 is 2.42 bits per heavy atom. The largest absolute Gasteiger partial charge is 0.350 e. The van der Waals surface area contributed by atoms with Gasteiger partial charge >= 0.3 is 0 Å². The summed E-state index contributed by atoms with van der Waals surface area (Å²) in [5, 5.41) is 0. The fraction of sp³-hybridized carbons (Fsp3) is 0.643. The average molecular weight is 552 g/mol. The van der Waals surface area contributed by atoms with E-state index in [0.29, 0.717) is 38.7 Å². The van der Waals surface area contributed by atoms with Crippen molar-refractivity contribution in [3.05, 3.63) is 42.0 Å². The first kappa shape index (κ1) is 31.9. The molecule has 0 aliphatic carbocycles. The van der Waals surface area contributed by atoms with Crippen molar-refractivity contribution in [3.63, 3.8) is 0 Å². The SMILES string of the molecule is CCCC(C[C@](C)(CCC)[C@H](C/C=C/c1ccccc1)C(=O)NOC1CCCCO1)(C(=O)NN)S(C)(=O)=O. The summed E-state index contributed by atoms with van der Waals surface area (Å²) in [5.41, 5.74) is 4.79. The lowest BCUT2D eigenvalue weighted by molar-refractivity contribution is -0.204. The molecule has 1 aromatic carbocycles. The van der Waals surface area contributed by atoms with Crippen molar-refractivity contribution in [2.75, 3.05) is 12.9 Å². The van der Waals surface area contributed by atoms with E-state index in [1.807, 2.05) is 63.3 Å². The van der Waals surface area contributed by atoms with Gasteiger partial charge in [0.25, 0.3) is 5.91 Å². The summed E-state index contributed by atoms with van der Waals surface area (Å²) in [6.45, 7) is 6.25. The Bertz CT molecular complexity index is 1030. The lowest BCUT2D eigenvalue weighted by atomic mass is 9.66. The van der Waals surface area contributed by atoms with Gasteiger partial charge in [-0.15, -0.1) is 0 Å². The summed E-state index contributed by atoms with van der Waals surface area (Å²) in [5.74, 6) is 3.69. The highest BCUT2D eigenvalue weighted by atomic mass is 32.2. The summed E-state index contributed by atoms with van der Waals surface area (Å²) in [4.78, 5) is 32.4. The van der Waals surface area contributed by atoms with Gasteiger partial charge in [0.2, 0.25) is 5.91 Å². The van der Waals surface area contributed by atoms with Crippen LogP contribution in [0.15, 0.2) is 36.4 Å². The first-order valence-corrected chi connectivity index (χ1v) is 15.4. The maximum Gasteiger partial charge on any atom is 0.255 e. The predicted octanol–water partition coefficient (Wildman–Crippen LogP) is 4.05. The summed E-state index contributed by atoms with van der Waals surface area (Å²) >= 11 is 0. The van der Waals surface area contributed by atoms with Gasteiger partial charge in [0, 0.05) is 25.2 Å². The van der Waals surface area contributed by atoms with Crippen molar-refractivity contribution in [3.8, 4) is 0 Å². The second-order valence-electron chi connectivity index (χ2n) is 10.6. The summed E-state index contributed by atoms with van der Waals surface area (Å²) in [7, 11) is -3.90. The second kappa shape index (κ2) is 14.8. The lowest BCUT2D eigenvalue weighted by Crippen LogP contribution is -2.57. The van der Waals surface area contributed by atoms with Gasteiger partial charge in [0.05, 0.1) is 0 Å². The molecule has 1 saturated heterocycles. The van der Waals surface area contributed by atoms with Crippen molar-refractivity contribution < 1.29 is 27.6 Å². The van der Waals surface area contributed by atoms with Gasteiger partial charge in [-0.25, -0.2) is 24.6 Å². The Labute approximate surface area is 227 Å². The number of allylic oxidation sites excluding steroid dienone is 1. The van der Waals surface area contributed by atoms with E-state index < -0.39 is 38.1 Å². The third-order valence-corrected chi connectivity index (χ3v) is 9.44. The molecular formula is C28H45N3O6S. The minimum absolute atomic E-state index is 0.0548. The van der Waals surface area contributed by atoms with Crippen LogP contribution >= 0.6 is 0 Å². The molecule has 0 spiro atoms. The molecule has 1 aromatic rings. The van der Waals surface area contributed by atoms with E-state index in [1.165, 1.54) is 0 Å². The van der Waals surface area contributed by atoms with Crippen LogP contribution in [0.4, 0.5) is 0 Å². The Kier molecular flexibility index (Phi) is 12.4. The molecule has 4 N–H and O–H groups in total. The number of hydrazine groups is 1. The number of carbonyl (C=O) groups excluding carboxylic acids is 2. The highest BCUT2D eigenvalue weighted by Gasteiger charge is 2.53. The summed E-state index contributed by atoms with van der Waals surface area (Å²) < 4.78 is 30.2. The molecule has 4 atom stereocenters. The molecule has 1 aliphatic rings. The molecule has 0 aromatic heterocycles. The zero-order valence-electron chi connectivity index (χ0n) is 23.2. The molecule has 0 saturated carbocycles. The van der Waals surface area contributed by atoms with Gasteiger partial charge < -0.3 is 4.74 Å². The van der Waals surface area contributed by atoms with Crippen LogP contribution in [-0.2, 0) is 29.0 Å². The number of hydrogen-bond donors (Lipinski definition) is 3. The van der Waals surface area contributed by atoms with E-state index in [9.17, 15) is 18.0 Å². The van der Waals surface area contributed by atoms with E-state index in [1.54, 1.807) is 0 Å². The molecule has 38 heavy (non-hydrogen) atoms. The maximum atomic E-state index is 13.7. The van der Waals surface area contributed by atoms with Crippen LogP contribution in [0.25, 0.3) is 6.08 Å². The maximum absolute atomic E-state index is 13.7. The zero-order valence-corrected chi connectivity index (χ0v) is 24.0. The van der Waals surface area contributed by atoms with E-state index in [-0.39, 0.29) is 18.7 Å². The quantitative estimate of drug-likeness (QED) is 0.170. The number of hydroxylamine groups is 1. The molecule has 0 radical (unpaired) electrons. The van der Waals surface area contributed by atoms with E-state index >= 15 is 0 Å². The van der Waals surface area contributed by atoms with Gasteiger partial charge in [-0.05, 0) is 49.5 Å². The van der Waals surface area contributed by atoms with Crippen LogP contribution in [0.5, 0.6) is 0 Å². The van der Waals surface area contributed by atoms with E-state index in [0.717, 1.165) is 24.7 Å². The smallest absolute Gasteiger partial charge is 0.255 e. The Morgan fingerprint density at radius 2 is 1.87 bits per heavy atom. The normalized spacial score (nSPS) is 20.3. The summed E-state index contributed by atoms with van der Waals surface area (Å²) in [6.07, 6.45) is 8.97. The number of rotatable bonds is 15. The Balaban J connectivity index is 2.47. The highest BCUT2D eigenvalue weighted by molar-refractivity contribution is 7.92. The highest BCUT2D eigenvalue weighted by Crippen LogP contribution is 2.46. The Hall–Kier alpha value is -2.27. The number of sulfone groups is 1. The number of carbonyl (C=O) groups is 2. The van der Waals surface area contributed by atoms with E-state index in [2.05, 4.69) is 10.9 Å². The number of nitrogens with two attached hydrogens (primary N) is 1. The van der Waals surface area contributed by atoms with Gasteiger partial charge in [-0.2, -0.15) is 0 Å². The topological polar surface area (TPSA) is 137 Å². The van der Waals surface area contributed by atoms with Crippen LogP contribution in [0.3, 0.4) is 0 Å².